The third-order valence-electron chi connectivity index (χ3n) is 4.44. The maximum absolute atomic E-state index is 13.2. The van der Waals surface area contributed by atoms with E-state index in [0.717, 1.165) is 0 Å². The number of oxime groups is 1. The Morgan fingerprint density at radius 3 is 2.75 bits per heavy atom. The molecule has 3 rings (SSSR count). The molecule has 0 saturated heterocycles. The van der Waals surface area contributed by atoms with Crippen molar-refractivity contribution in [1.29, 1.82) is 0 Å². The van der Waals surface area contributed by atoms with Gasteiger partial charge in [-0.2, -0.15) is 0 Å². The Kier molecular flexibility index (Phi) is 5.75. The second-order valence-corrected chi connectivity index (χ2v) is 6.60. The van der Waals surface area contributed by atoms with Gasteiger partial charge in [0.2, 0.25) is 0 Å². The van der Waals surface area contributed by atoms with Gasteiger partial charge in [0.05, 0.1) is 11.9 Å². The lowest BCUT2D eigenvalue weighted by atomic mass is 9.94. The Morgan fingerprint density at radius 1 is 1.32 bits per heavy atom. The number of halogens is 1. The summed E-state index contributed by atoms with van der Waals surface area (Å²) in [5.74, 6) is -0.979. The second kappa shape index (κ2) is 8.22. The molecule has 2 N–H and O–H groups in total. The molecule has 0 radical (unpaired) electrons. The number of hydrogen-bond acceptors (Lipinski definition) is 5. The van der Waals surface area contributed by atoms with E-state index in [0.29, 0.717) is 45.0 Å². The lowest BCUT2D eigenvalue weighted by Crippen LogP contribution is -2.26. The number of benzene rings is 1. The van der Waals surface area contributed by atoms with E-state index in [1.165, 1.54) is 10.8 Å². The van der Waals surface area contributed by atoms with Crippen LogP contribution in [-0.4, -0.2) is 32.0 Å². The van der Waals surface area contributed by atoms with Crippen LogP contribution in [0.2, 0.25) is 5.02 Å². The number of aryl methyl sites for hydroxylation is 1. The van der Waals surface area contributed by atoms with E-state index < -0.39 is 5.97 Å². The number of carbonyl (C=O) groups is 1. The summed E-state index contributed by atoms with van der Waals surface area (Å²) in [5, 5.41) is 22.1. The van der Waals surface area contributed by atoms with Crippen molar-refractivity contribution in [3.8, 4) is 11.1 Å². The molecule has 0 aliphatic carbocycles. The molecule has 3 aromatic rings. The summed E-state index contributed by atoms with van der Waals surface area (Å²) in [5.41, 5.74) is 2.27. The number of carboxylic acids is 1. The minimum absolute atomic E-state index is 0.0891. The van der Waals surface area contributed by atoms with Crippen LogP contribution in [0.3, 0.4) is 0 Å². The lowest BCUT2D eigenvalue weighted by Gasteiger charge is -2.17. The number of hydrogen-bond donors (Lipinski definition) is 2. The van der Waals surface area contributed by atoms with Gasteiger partial charge >= 0.3 is 5.97 Å². The number of nitrogens with zero attached hydrogens (tertiary/aromatic N) is 3. The highest BCUT2D eigenvalue weighted by Gasteiger charge is 2.19. The van der Waals surface area contributed by atoms with Crippen LogP contribution in [0.1, 0.15) is 24.6 Å². The van der Waals surface area contributed by atoms with Crippen molar-refractivity contribution < 1.29 is 15.1 Å². The predicted octanol–water partition coefficient (Wildman–Crippen LogP) is 3.56. The van der Waals surface area contributed by atoms with E-state index in [-0.39, 0.29) is 18.4 Å². The zero-order valence-electron chi connectivity index (χ0n) is 15.1. The van der Waals surface area contributed by atoms with E-state index in [4.69, 9.17) is 21.9 Å². The second-order valence-electron chi connectivity index (χ2n) is 6.16. The summed E-state index contributed by atoms with van der Waals surface area (Å²) < 4.78 is 1.50. The Bertz CT molecular complexity index is 1140. The first-order chi connectivity index (χ1) is 13.5. The molecular weight excluding hydrogens is 382 g/mol. The molecule has 7 nitrogen and oxygen atoms in total. The van der Waals surface area contributed by atoms with Crippen LogP contribution in [-0.2, 0) is 17.8 Å². The van der Waals surface area contributed by atoms with E-state index in [9.17, 15) is 9.59 Å². The predicted molar refractivity (Wildman–Crippen MR) is 107 cm³/mol. The van der Waals surface area contributed by atoms with Crippen LogP contribution in [0.25, 0.3) is 22.2 Å². The highest BCUT2D eigenvalue weighted by molar-refractivity contribution is 6.30. The van der Waals surface area contributed by atoms with Crippen molar-refractivity contribution in [3.05, 3.63) is 63.0 Å². The molecule has 0 spiro atoms. The van der Waals surface area contributed by atoms with Crippen LogP contribution in [0.5, 0.6) is 0 Å². The first kappa shape index (κ1) is 19.6. The average molecular weight is 400 g/mol. The van der Waals surface area contributed by atoms with E-state index >= 15 is 0 Å². The van der Waals surface area contributed by atoms with Gasteiger partial charge in [0, 0.05) is 34.5 Å². The number of rotatable bonds is 6. The molecule has 8 heteroatoms. The lowest BCUT2D eigenvalue weighted by molar-refractivity contribution is -0.136. The number of pyridine rings is 2. The summed E-state index contributed by atoms with van der Waals surface area (Å²) in [6.45, 7) is 2.17. The molecule has 28 heavy (non-hydrogen) atoms. The third-order valence-corrected chi connectivity index (χ3v) is 4.67. The summed E-state index contributed by atoms with van der Waals surface area (Å²) >= 11 is 6.15. The zero-order chi connectivity index (χ0) is 20.3. The minimum atomic E-state index is -0.979. The topological polar surface area (TPSA) is 105 Å². The normalized spacial score (nSPS) is 11.4. The van der Waals surface area contributed by atoms with E-state index in [2.05, 4.69) is 10.1 Å². The van der Waals surface area contributed by atoms with Crippen molar-refractivity contribution >= 4 is 34.8 Å². The molecule has 0 saturated carbocycles. The third kappa shape index (κ3) is 3.75. The van der Waals surface area contributed by atoms with Crippen molar-refractivity contribution in [2.24, 2.45) is 5.16 Å². The molecule has 0 aliphatic rings. The van der Waals surface area contributed by atoms with Crippen LogP contribution in [0.15, 0.2) is 46.3 Å². The van der Waals surface area contributed by atoms with Crippen molar-refractivity contribution in [2.45, 2.75) is 26.3 Å². The van der Waals surface area contributed by atoms with Gasteiger partial charge < -0.3 is 10.3 Å². The smallest absolute Gasteiger partial charge is 0.303 e. The van der Waals surface area contributed by atoms with Gasteiger partial charge in [-0.15, -0.1) is 0 Å². The summed E-state index contributed by atoms with van der Waals surface area (Å²) in [4.78, 5) is 28.8. The highest BCUT2D eigenvalue weighted by Crippen LogP contribution is 2.32. The van der Waals surface area contributed by atoms with Gasteiger partial charge in [0.25, 0.3) is 5.56 Å². The number of aliphatic carboxylic acids is 1. The van der Waals surface area contributed by atoms with Crippen molar-refractivity contribution in [3.63, 3.8) is 0 Å². The molecule has 0 fully saturated rings. The summed E-state index contributed by atoms with van der Waals surface area (Å²) in [6.07, 6.45) is 1.10. The Labute approximate surface area is 165 Å². The fraction of sp³-hybridized carbons (Fsp3) is 0.200. The van der Waals surface area contributed by atoms with Crippen LogP contribution in [0, 0.1) is 0 Å². The molecule has 0 amide bonds. The van der Waals surface area contributed by atoms with Gasteiger partial charge in [-0.3, -0.25) is 14.2 Å². The van der Waals surface area contributed by atoms with Gasteiger partial charge in [-0.05, 0) is 43.2 Å². The Hall–Kier alpha value is -3.19. The van der Waals surface area contributed by atoms with E-state index in [1.54, 1.807) is 30.3 Å². The highest BCUT2D eigenvalue weighted by atomic mass is 35.5. The average Bonchev–Trinajstić information content (AvgIpc) is 2.66. The van der Waals surface area contributed by atoms with Gasteiger partial charge in [0.1, 0.15) is 5.65 Å². The Balaban J connectivity index is 2.42. The zero-order valence-corrected chi connectivity index (χ0v) is 15.8. The molecule has 0 bridgehead atoms. The largest absolute Gasteiger partial charge is 0.481 e. The molecular formula is C20H18ClN3O4. The van der Waals surface area contributed by atoms with Crippen LogP contribution >= 0.6 is 11.6 Å². The van der Waals surface area contributed by atoms with Crippen LogP contribution < -0.4 is 5.56 Å². The molecule has 2 heterocycles. The number of carboxylic acid groups (broad SMARTS) is 1. The van der Waals surface area contributed by atoms with Crippen LogP contribution in [0.4, 0.5) is 0 Å². The van der Waals surface area contributed by atoms with Gasteiger partial charge in [-0.25, -0.2) is 4.98 Å². The summed E-state index contributed by atoms with van der Waals surface area (Å²) in [6, 6.07) is 10.5. The Morgan fingerprint density at radius 2 is 2.11 bits per heavy atom. The number of aromatic nitrogens is 2. The SMILES string of the molecule is CCn1c(=O)c(CCC(=O)O)c(-c2cccc(Cl)c2)c2ccc(/C=N\O)nc21. The quantitative estimate of drug-likeness (QED) is 0.374. The minimum Gasteiger partial charge on any atom is -0.481 e. The standard InChI is InChI=1S/C20H18ClN3O4/c1-2-24-19-15(7-6-14(23-19)11-22-28)18(12-4-3-5-13(21)10-12)16(20(24)27)8-9-17(25)26/h3-7,10-11,28H,2,8-9H2,1H3,(H,25,26)/b22-11-. The van der Waals surface area contributed by atoms with Gasteiger partial charge in [-0.1, -0.05) is 28.9 Å². The first-order valence-corrected chi connectivity index (χ1v) is 9.05. The first-order valence-electron chi connectivity index (χ1n) is 8.67. The molecule has 0 unspecified atom stereocenters. The fourth-order valence-corrected chi connectivity index (χ4v) is 3.44. The molecule has 144 valence electrons. The maximum atomic E-state index is 13.2. The number of fused-ring (bicyclic) bond motifs is 1. The van der Waals surface area contributed by atoms with Gasteiger partial charge in [0.15, 0.2) is 0 Å². The molecule has 0 aliphatic heterocycles. The molecule has 1 aromatic carbocycles. The van der Waals surface area contributed by atoms with Crippen molar-refractivity contribution in [1.82, 2.24) is 9.55 Å². The fourth-order valence-electron chi connectivity index (χ4n) is 3.25. The summed E-state index contributed by atoms with van der Waals surface area (Å²) in [7, 11) is 0. The van der Waals surface area contributed by atoms with Crippen molar-refractivity contribution in [2.75, 3.05) is 0 Å². The monoisotopic (exact) mass is 399 g/mol. The van der Waals surface area contributed by atoms with E-state index in [1.807, 2.05) is 13.0 Å². The molecule has 0 atom stereocenters. The molecule has 2 aromatic heterocycles. The maximum Gasteiger partial charge on any atom is 0.303 e.